The third-order valence-electron chi connectivity index (χ3n) is 3.60. The SMILES string of the molecule is CCC(N)(CC)C(=O)N[C@H](Cc1ccccc1)C(=O)O. The summed E-state index contributed by atoms with van der Waals surface area (Å²) in [5.74, 6) is -1.47. The van der Waals surface area contributed by atoms with E-state index < -0.39 is 23.5 Å². The van der Waals surface area contributed by atoms with Gasteiger partial charge in [0.2, 0.25) is 5.91 Å². The van der Waals surface area contributed by atoms with Crippen LogP contribution in [0.2, 0.25) is 0 Å². The lowest BCUT2D eigenvalue weighted by Gasteiger charge is -2.27. The highest BCUT2D eigenvalue weighted by molar-refractivity contribution is 5.90. The van der Waals surface area contributed by atoms with Crippen molar-refractivity contribution in [2.75, 3.05) is 0 Å². The molecule has 1 aromatic carbocycles. The van der Waals surface area contributed by atoms with Gasteiger partial charge in [-0.05, 0) is 18.4 Å². The summed E-state index contributed by atoms with van der Waals surface area (Å²) in [4.78, 5) is 23.4. The van der Waals surface area contributed by atoms with Gasteiger partial charge in [-0.15, -0.1) is 0 Å². The Kier molecular flexibility index (Phi) is 5.70. The number of benzene rings is 1. The normalized spacial score (nSPS) is 12.8. The van der Waals surface area contributed by atoms with Gasteiger partial charge in [0.05, 0.1) is 5.54 Å². The fourth-order valence-electron chi connectivity index (χ4n) is 1.92. The number of nitrogens with two attached hydrogens (primary N) is 1. The van der Waals surface area contributed by atoms with Gasteiger partial charge in [-0.1, -0.05) is 44.2 Å². The molecule has 1 rings (SSSR count). The van der Waals surface area contributed by atoms with Gasteiger partial charge in [-0.25, -0.2) is 4.79 Å². The molecule has 0 aliphatic heterocycles. The Morgan fingerprint density at radius 2 is 1.80 bits per heavy atom. The minimum Gasteiger partial charge on any atom is -0.480 e. The maximum atomic E-state index is 12.1. The van der Waals surface area contributed by atoms with Crippen LogP contribution in [-0.4, -0.2) is 28.6 Å². The van der Waals surface area contributed by atoms with Crippen LogP contribution in [0, 0.1) is 0 Å². The number of carboxylic acid groups (broad SMARTS) is 1. The van der Waals surface area contributed by atoms with Crippen molar-refractivity contribution in [3.8, 4) is 0 Å². The molecule has 1 amide bonds. The summed E-state index contributed by atoms with van der Waals surface area (Å²) in [6, 6.07) is 8.22. The van der Waals surface area contributed by atoms with Crippen molar-refractivity contribution < 1.29 is 14.7 Å². The average Bonchev–Trinajstić information content (AvgIpc) is 2.46. The first-order valence-corrected chi connectivity index (χ1v) is 6.79. The van der Waals surface area contributed by atoms with Crippen LogP contribution in [0.15, 0.2) is 30.3 Å². The predicted octanol–water partition coefficient (Wildman–Crippen LogP) is 1.32. The number of hydrogen-bond acceptors (Lipinski definition) is 3. The second-order valence-electron chi connectivity index (χ2n) is 4.92. The van der Waals surface area contributed by atoms with Gasteiger partial charge in [-0.2, -0.15) is 0 Å². The lowest BCUT2D eigenvalue weighted by atomic mass is 9.92. The standard InChI is InChI=1S/C15H22N2O3/c1-3-15(16,4-2)14(20)17-12(13(18)19)10-11-8-6-5-7-9-11/h5-9,12H,3-4,10,16H2,1-2H3,(H,17,20)(H,18,19)/t12-/m1/s1. The van der Waals surface area contributed by atoms with Crippen LogP contribution in [-0.2, 0) is 16.0 Å². The minimum atomic E-state index is -1.06. The van der Waals surface area contributed by atoms with E-state index in [0.29, 0.717) is 12.8 Å². The smallest absolute Gasteiger partial charge is 0.326 e. The Bertz CT molecular complexity index is 455. The molecule has 0 saturated carbocycles. The largest absolute Gasteiger partial charge is 0.480 e. The molecule has 0 fully saturated rings. The summed E-state index contributed by atoms with van der Waals surface area (Å²) < 4.78 is 0. The molecule has 1 aromatic rings. The van der Waals surface area contributed by atoms with E-state index in [-0.39, 0.29) is 6.42 Å². The van der Waals surface area contributed by atoms with Crippen LogP contribution >= 0.6 is 0 Å². The quantitative estimate of drug-likeness (QED) is 0.701. The molecule has 5 nitrogen and oxygen atoms in total. The van der Waals surface area contributed by atoms with Gasteiger partial charge in [0.1, 0.15) is 6.04 Å². The van der Waals surface area contributed by atoms with Crippen LogP contribution in [0.3, 0.4) is 0 Å². The predicted molar refractivity (Wildman–Crippen MR) is 77.2 cm³/mol. The van der Waals surface area contributed by atoms with Gasteiger partial charge in [-0.3, -0.25) is 4.79 Å². The number of hydrogen-bond donors (Lipinski definition) is 3. The van der Waals surface area contributed by atoms with Crippen molar-refractivity contribution in [2.24, 2.45) is 5.73 Å². The number of nitrogens with one attached hydrogen (secondary N) is 1. The van der Waals surface area contributed by atoms with Gasteiger partial charge in [0.15, 0.2) is 0 Å². The molecule has 1 atom stereocenters. The molecular formula is C15H22N2O3. The van der Waals surface area contributed by atoms with Crippen LogP contribution in [0.25, 0.3) is 0 Å². The molecule has 0 aromatic heterocycles. The summed E-state index contributed by atoms with van der Waals surface area (Å²) in [7, 11) is 0. The van der Waals surface area contributed by atoms with Gasteiger partial charge in [0.25, 0.3) is 0 Å². The van der Waals surface area contributed by atoms with Crippen molar-refractivity contribution in [3.63, 3.8) is 0 Å². The van der Waals surface area contributed by atoms with Gasteiger partial charge >= 0.3 is 5.97 Å². The van der Waals surface area contributed by atoms with E-state index in [1.807, 2.05) is 44.2 Å². The lowest BCUT2D eigenvalue weighted by Crippen LogP contribution is -2.57. The van der Waals surface area contributed by atoms with E-state index in [1.54, 1.807) is 0 Å². The third-order valence-corrected chi connectivity index (χ3v) is 3.60. The topological polar surface area (TPSA) is 92.4 Å². The van der Waals surface area contributed by atoms with Gasteiger partial charge in [0, 0.05) is 6.42 Å². The second-order valence-corrected chi connectivity index (χ2v) is 4.92. The van der Waals surface area contributed by atoms with E-state index in [4.69, 9.17) is 5.73 Å². The zero-order valence-electron chi connectivity index (χ0n) is 11.9. The molecule has 0 aliphatic rings. The van der Waals surface area contributed by atoms with Crippen molar-refractivity contribution in [1.29, 1.82) is 0 Å². The van der Waals surface area contributed by atoms with E-state index in [9.17, 15) is 14.7 Å². The molecule has 0 heterocycles. The number of carbonyl (C=O) groups excluding carboxylic acids is 1. The zero-order valence-corrected chi connectivity index (χ0v) is 11.9. The van der Waals surface area contributed by atoms with Crippen LogP contribution in [0.4, 0.5) is 0 Å². The number of amides is 1. The molecule has 4 N–H and O–H groups in total. The first-order chi connectivity index (χ1) is 9.42. The van der Waals surface area contributed by atoms with E-state index in [0.717, 1.165) is 5.56 Å². The lowest BCUT2D eigenvalue weighted by molar-refractivity contribution is -0.142. The first-order valence-electron chi connectivity index (χ1n) is 6.79. The number of aliphatic carboxylic acids is 1. The summed E-state index contributed by atoms with van der Waals surface area (Å²) in [6.45, 7) is 3.63. The Hall–Kier alpha value is -1.88. The van der Waals surface area contributed by atoms with E-state index >= 15 is 0 Å². The zero-order chi connectivity index (χ0) is 15.2. The summed E-state index contributed by atoms with van der Waals surface area (Å²) >= 11 is 0. The van der Waals surface area contributed by atoms with E-state index in [2.05, 4.69) is 5.32 Å². The Morgan fingerprint density at radius 3 is 2.25 bits per heavy atom. The molecule has 0 spiro atoms. The highest BCUT2D eigenvalue weighted by atomic mass is 16.4. The Labute approximate surface area is 119 Å². The molecule has 0 unspecified atom stereocenters. The van der Waals surface area contributed by atoms with Crippen LogP contribution in [0.1, 0.15) is 32.3 Å². The van der Waals surface area contributed by atoms with E-state index in [1.165, 1.54) is 0 Å². The third kappa shape index (κ3) is 4.06. The van der Waals surface area contributed by atoms with Crippen molar-refractivity contribution in [1.82, 2.24) is 5.32 Å². The minimum absolute atomic E-state index is 0.241. The molecule has 20 heavy (non-hydrogen) atoms. The van der Waals surface area contributed by atoms with Crippen molar-refractivity contribution in [3.05, 3.63) is 35.9 Å². The number of carbonyl (C=O) groups is 2. The monoisotopic (exact) mass is 278 g/mol. The number of carboxylic acids is 1. The molecule has 0 bridgehead atoms. The van der Waals surface area contributed by atoms with Gasteiger partial charge < -0.3 is 16.2 Å². The number of rotatable bonds is 7. The first kappa shape index (κ1) is 16.2. The molecule has 0 radical (unpaired) electrons. The second kappa shape index (κ2) is 7.05. The van der Waals surface area contributed by atoms with Crippen molar-refractivity contribution in [2.45, 2.75) is 44.7 Å². The summed E-state index contributed by atoms with van der Waals surface area (Å²) in [6.07, 6.45) is 1.17. The van der Waals surface area contributed by atoms with Crippen LogP contribution < -0.4 is 11.1 Å². The maximum absolute atomic E-state index is 12.1. The summed E-state index contributed by atoms with van der Waals surface area (Å²) in [5, 5.41) is 11.8. The summed E-state index contributed by atoms with van der Waals surface area (Å²) in [5.41, 5.74) is 5.82. The Balaban J connectivity index is 2.78. The Morgan fingerprint density at radius 1 is 1.25 bits per heavy atom. The highest BCUT2D eigenvalue weighted by Crippen LogP contribution is 2.12. The molecule has 5 heteroatoms. The fraction of sp³-hybridized carbons (Fsp3) is 0.467. The molecular weight excluding hydrogens is 256 g/mol. The fourth-order valence-corrected chi connectivity index (χ4v) is 1.92. The molecule has 0 aliphatic carbocycles. The average molecular weight is 278 g/mol. The van der Waals surface area contributed by atoms with Crippen LogP contribution in [0.5, 0.6) is 0 Å². The molecule has 110 valence electrons. The molecule has 0 saturated heterocycles. The highest BCUT2D eigenvalue weighted by Gasteiger charge is 2.33. The maximum Gasteiger partial charge on any atom is 0.326 e. The van der Waals surface area contributed by atoms with Crippen molar-refractivity contribution >= 4 is 11.9 Å².